The smallest absolute Gasteiger partial charge is 0.293 e. The Morgan fingerprint density at radius 1 is 0.943 bits per heavy atom. The van der Waals surface area contributed by atoms with Gasteiger partial charge < -0.3 is 9.47 Å². The van der Waals surface area contributed by atoms with Crippen molar-refractivity contribution in [2.45, 2.75) is 20.1 Å². The van der Waals surface area contributed by atoms with Gasteiger partial charge in [0.15, 0.2) is 11.5 Å². The molecule has 1 saturated heterocycles. The standard InChI is InChI=1S/C26H22N2O6S/c1-2-33-23-14-20(10-13-22(23)34-17-19-6-4-3-5-7-19)15-24-25(29)27(26(30)35-24)16-18-8-11-21(12-9-18)28(31)32/h3-15H,2,16-17H2,1H3. The molecule has 1 aliphatic heterocycles. The number of non-ortho nitro benzene ring substituents is 1. The molecule has 0 aliphatic carbocycles. The molecule has 0 saturated carbocycles. The zero-order chi connectivity index (χ0) is 24.8. The summed E-state index contributed by atoms with van der Waals surface area (Å²) < 4.78 is 11.7. The van der Waals surface area contributed by atoms with Gasteiger partial charge in [0.2, 0.25) is 0 Å². The van der Waals surface area contributed by atoms with Gasteiger partial charge >= 0.3 is 0 Å². The number of nitrogens with zero attached hydrogens (tertiary/aromatic N) is 2. The van der Waals surface area contributed by atoms with E-state index in [0.717, 1.165) is 22.2 Å². The van der Waals surface area contributed by atoms with Crippen LogP contribution in [0, 0.1) is 10.1 Å². The van der Waals surface area contributed by atoms with Crippen LogP contribution >= 0.6 is 11.8 Å². The summed E-state index contributed by atoms with van der Waals surface area (Å²) in [5.41, 5.74) is 2.30. The third kappa shape index (κ3) is 5.88. The summed E-state index contributed by atoms with van der Waals surface area (Å²) in [5.74, 6) is 0.710. The van der Waals surface area contributed by atoms with Gasteiger partial charge in [-0.15, -0.1) is 0 Å². The molecule has 0 N–H and O–H groups in total. The van der Waals surface area contributed by atoms with Crippen molar-refractivity contribution in [2.24, 2.45) is 0 Å². The number of hydrogen-bond donors (Lipinski definition) is 0. The first kappa shape index (κ1) is 24.0. The molecule has 2 amide bonds. The van der Waals surface area contributed by atoms with Crippen LogP contribution in [0.25, 0.3) is 6.08 Å². The Hall–Kier alpha value is -4.11. The van der Waals surface area contributed by atoms with Gasteiger partial charge in [-0.3, -0.25) is 24.6 Å². The lowest BCUT2D eigenvalue weighted by Crippen LogP contribution is -2.27. The Balaban J connectivity index is 1.49. The molecule has 0 bridgehead atoms. The first-order valence-corrected chi connectivity index (χ1v) is 11.7. The zero-order valence-corrected chi connectivity index (χ0v) is 19.7. The molecule has 9 heteroatoms. The fraction of sp³-hybridized carbons (Fsp3) is 0.154. The van der Waals surface area contributed by atoms with Crippen LogP contribution in [0.15, 0.2) is 77.7 Å². The molecule has 4 rings (SSSR count). The molecule has 1 aliphatic rings. The molecule has 0 atom stereocenters. The highest BCUT2D eigenvalue weighted by atomic mass is 32.2. The largest absolute Gasteiger partial charge is 0.490 e. The van der Waals surface area contributed by atoms with Gasteiger partial charge in [0.1, 0.15) is 6.61 Å². The highest BCUT2D eigenvalue weighted by molar-refractivity contribution is 8.18. The normalized spacial score (nSPS) is 14.4. The maximum absolute atomic E-state index is 12.9. The van der Waals surface area contributed by atoms with E-state index in [0.29, 0.717) is 35.8 Å². The highest BCUT2D eigenvalue weighted by Gasteiger charge is 2.35. The summed E-state index contributed by atoms with van der Waals surface area (Å²) in [6.07, 6.45) is 1.64. The van der Waals surface area contributed by atoms with Gasteiger partial charge in [0.05, 0.1) is 23.0 Å². The number of nitro groups is 1. The molecular formula is C26H22N2O6S. The van der Waals surface area contributed by atoms with Crippen LogP contribution in [0.3, 0.4) is 0 Å². The Morgan fingerprint density at radius 2 is 1.69 bits per heavy atom. The fourth-order valence-electron chi connectivity index (χ4n) is 3.43. The van der Waals surface area contributed by atoms with E-state index in [1.54, 1.807) is 24.3 Å². The lowest BCUT2D eigenvalue weighted by molar-refractivity contribution is -0.384. The average Bonchev–Trinajstić information content (AvgIpc) is 3.12. The van der Waals surface area contributed by atoms with Crippen LogP contribution in [-0.2, 0) is 17.9 Å². The SMILES string of the molecule is CCOc1cc(C=C2SC(=O)N(Cc3ccc([N+](=O)[O-])cc3)C2=O)ccc1OCc1ccccc1. The van der Waals surface area contributed by atoms with Crippen molar-refractivity contribution in [3.63, 3.8) is 0 Å². The Labute approximate surface area is 206 Å². The van der Waals surface area contributed by atoms with Gasteiger partial charge in [-0.25, -0.2) is 0 Å². The molecule has 0 spiro atoms. The molecule has 0 aromatic heterocycles. The van der Waals surface area contributed by atoms with E-state index in [1.165, 1.54) is 24.3 Å². The number of nitro benzene ring substituents is 1. The molecule has 8 nitrogen and oxygen atoms in total. The van der Waals surface area contributed by atoms with E-state index in [4.69, 9.17) is 9.47 Å². The summed E-state index contributed by atoms with van der Waals surface area (Å²) in [7, 11) is 0. The molecule has 3 aromatic carbocycles. The molecular weight excluding hydrogens is 468 g/mol. The van der Waals surface area contributed by atoms with Crippen LogP contribution in [0.4, 0.5) is 10.5 Å². The lowest BCUT2D eigenvalue weighted by Gasteiger charge is -2.13. The lowest BCUT2D eigenvalue weighted by atomic mass is 10.1. The number of carbonyl (C=O) groups is 2. The predicted octanol–water partition coefficient (Wildman–Crippen LogP) is 5.81. The summed E-state index contributed by atoms with van der Waals surface area (Å²) >= 11 is 0.853. The number of benzene rings is 3. The molecule has 35 heavy (non-hydrogen) atoms. The summed E-state index contributed by atoms with van der Waals surface area (Å²) in [6.45, 7) is 2.74. The number of imide groups is 1. The second-order valence-electron chi connectivity index (χ2n) is 7.60. The van der Waals surface area contributed by atoms with Gasteiger partial charge in [0.25, 0.3) is 16.8 Å². The minimum atomic E-state index is -0.499. The summed E-state index contributed by atoms with van der Waals surface area (Å²) in [6, 6.07) is 20.9. The maximum atomic E-state index is 12.9. The topological polar surface area (TPSA) is 99.0 Å². The number of hydrogen-bond acceptors (Lipinski definition) is 7. The predicted molar refractivity (Wildman–Crippen MR) is 133 cm³/mol. The van der Waals surface area contributed by atoms with Gasteiger partial charge in [0, 0.05) is 12.1 Å². The molecule has 0 radical (unpaired) electrons. The van der Waals surface area contributed by atoms with Gasteiger partial charge in [-0.05, 0) is 53.6 Å². The fourth-order valence-corrected chi connectivity index (χ4v) is 4.27. The van der Waals surface area contributed by atoms with Crippen molar-refractivity contribution in [3.8, 4) is 11.5 Å². The number of rotatable bonds is 9. The van der Waals surface area contributed by atoms with Crippen LogP contribution in [-0.4, -0.2) is 27.6 Å². The summed E-state index contributed by atoms with van der Waals surface area (Å²) in [4.78, 5) is 37.1. The Morgan fingerprint density at radius 3 is 2.37 bits per heavy atom. The van der Waals surface area contributed by atoms with Crippen LogP contribution in [0.2, 0.25) is 0 Å². The zero-order valence-electron chi connectivity index (χ0n) is 18.9. The Bertz CT molecular complexity index is 1270. The minimum absolute atomic E-state index is 0.0382. The van der Waals surface area contributed by atoms with Gasteiger partial charge in [-0.2, -0.15) is 0 Å². The minimum Gasteiger partial charge on any atom is -0.490 e. The second-order valence-corrected chi connectivity index (χ2v) is 8.60. The number of thioether (sulfide) groups is 1. The molecule has 0 unspecified atom stereocenters. The number of amides is 2. The van der Waals surface area contributed by atoms with E-state index in [-0.39, 0.29) is 17.1 Å². The quantitative estimate of drug-likeness (QED) is 0.212. The first-order valence-electron chi connectivity index (χ1n) is 10.9. The summed E-state index contributed by atoms with van der Waals surface area (Å²) in [5, 5.41) is 10.4. The van der Waals surface area contributed by atoms with Gasteiger partial charge in [-0.1, -0.05) is 48.5 Å². The van der Waals surface area contributed by atoms with E-state index in [9.17, 15) is 19.7 Å². The average molecular weight is 491 g/mol. The van der Waals surface area contributed by atoms with Crippen molar-refractivity contribution in [2.75, 3.05) is 6.61 Å². The molecule has 178 valence electrons. The number of carbonyl (C=O) groups excluding carboxylic acids is 2. The monoisotopic (exact) mass is 490 g/mol. The van der Waals surface area contributed by atoms with Crippen molar-refractivity contribution in [1.29, 1.82) is 0 Å². The Kier molecular flexibility index (Phi) is 7.47. The maximum Gasteiger partial charge on any atom is 0.293 e. The van der Waals surface area contributed by atoms with Crippen molar-refractivity contribution >= 4 is 34.7 Å². The first-order chi connectivity index (χ1) is 16.9. The van der Waals surface area contributed by atoms with Crippen LogP contribution in [0.5, 0.6) is 11.5 Å². The third-order valence-corrected chi connectivity index (χ3v) is 6.07. The molecule has 1 heterocycles. The van der Waals surface area contributed by atoms with Crippen molar-refractivity contribution in [1.82, 2.24) is 4.90 Å². The molecule has 1 fully saturated rings. The van der Waals surface area contributed by atoms with Crippen molar-refractivity contribution < 1.29 is 24.0 Å². The highest BCUT2D eigenvalue weighted by Crippen LogP contribution is 2.35. The van der Waals surface area contributed by atoms with E-state index in [2.05, 4.69) is 0 Å². The van der Waals surface area contributed by atoms with Crippen molar-refractivity contribution in [3.05, 3.63) is 105 Å². The van der Waals surface area contributed by atoms with E-state index >= 15 is 0 Å². The van der Waals surface area contributed by atoms with E-state index in [1.807, 2.05) is 37.3 Å². The number of ether oxygens (including phenoxy) is 2. The molecule has 3 aromatic rings. The van der Waals surface area contributed by atoms with E-state index < -0.39 is 16.1 Å². The third-order valence-electron chi connectivity index (χ3n) is 5.16. The second kappa shape index (κ2) is 10.9. The van der Waals surface area contributed by atoms with Crippen LogP contribution in [0.1, 0.15) is 23.6 Å². The van der Waals surface area contributed by atoms with Crippen LogP contribution < -0.4 is 9.47 Å².